The Balaban J connectivity index is 1.38. The molecule has 1 amide bonds. The Labute approximate surface area is 150 Å². The quantitative estimate of drug-likeness (QED) is 0.884. The molecule has 2 bridgehead atoms. The first-order valence-corrected chi connectivity index (χ1v) is 9.85. The Bertz CT molecular complexity index is 613. The zero-order valence-corrected chi connectivity index (χ0v) is 15.1. The van der Waals surface area contributed by atoms with Gasteiger partial charge in [-0.05, 0) is 56.4 Å². The van der Waals surface area contributed by atoms with E-state index in [0.29, 0.717) is 24.3 Å². The van der Waals surface area contributed by atoms with E-state index >= 15 is 0 Å². The van der Waals surface area contributed by atoms with E-state index in [1.165, 1.54) is 24.0 Å². The van der Waals surface area contributed by atoms with Crippen LogP contribution in [0.2, 0.25) is 0 Å². The maximum atomic E-state index is 12.7. The summed E-state index contributed by atoms with van der Waals surface area (Å²) in [6.07, 6.45) is 5.79. The van der Waals surface area contributed by atoms with Gasteiger partial charge in [-0.1, -0.05) is 29.8 Å². The maximum absolute atomic E-state index is 12.7. The smallest absolute Gasteiger partial charge is 0.224 e. The molecule has 0 radical (unpaired) electrons. The SMILES string of the molecule is Cc1ccc(C2OCCCC2CNC(=O)C2C3CCC(C3)C2N)cc1. The van der Waals surface area contributed by atoms with Crippen molar-refractivity contribution in [3.63, 3.8) is 0 Å². The van der Waals surface area contributed by atoms with Gasteiger partial charge in [0.05, 0.1) is 12.0 Å². The molecule has 2 aliphatic carbocycles. The highest BCUT2D eigenvalue weighted by Crippen LogP contribution is 2.47. The van der Waals surface area contributed by atoms with Crippen LogP contribution in [0.25, 0.3) is 0 Å². The summed E-state index contributed by atoms with van der Waals surface area (Å²) in [7, 11) is 0. The summed E-state index contributed by atoms with van der Waals surface area (Å²) in [5.74, 6) is 1.62. The molecule has 1 heterocycles. The van der Waals surface area contributed by atoms with E-state index in [2.05, 4.69) is 36.5 Å². The lowest BCUT2D eigenvalue weighted by Gasteiger charge is -2.33. The fourth-order valence-electron chi connectivity index (χ4n) is 5.25. The molecule has 0 aromatic heterocycles. The van der Waals surface area contributed by atoms with Crippen molar-refractivity contribution < 1.29 is 9.53 Å². The predicted molar refractivity (Wildman–Crippen MR) is 97.9 cm³/mol. The third-order valence-electron chi connectivity index (χ3n) is 6.67. The molecule has 1 saturated heterocycles. The van der Waals surface area contributed by atoms with Crippen LogP contribution >= 0.6 is 0 Å². The topological polar surface area (TPSA) is 64.3 Å². The molecular weight excluding hydrogens is 312 g/mol. The van der Waals surface area contributed by atoms with E-state index in [4.69, 9.17) is 10.5 Å². The second kappa shape index (κ2) is 7.08. The average molecular weight is 342 g/mol. The molecule has 25 heavy (non-hydrogen) atoms. The van der Waals surface area contributed by atoms with Crippen LogP contribution in [-0.2, 0) is 9.53 Å². The molecule has 136 valence electrons. The van der Waals surface area contributed by atoms with Crippen molar-refractivity contribution in [3.8, 4) is 0 Å². The molecule has 6 atom stereocenters. The van der Waals surface area contributed by atoms with E-state index in [1.807, 2.05) is 0 Å². The van der Waals surface area contributed by atoms with Crippen molar-refractivity contribution in [1.82, 2.24) is 5.32 Å². The summed E-state index contributed by atoms with van der Waals surface area (Å²) in [6.45, 7) is 3.60. The van der Waals surface area contributed by atoms with Gasteiger partial charge in [0.15, 0.2) is 0 Å². The van der Waals surface area contributed by atoms with E-state index in [9.17, 15) is 4.79 Å². The molecule has 1 aromatic rings. The van der Waals surface area contributed by atoms with Crippen LogP contribution in [0, 0.1) is 30.6 Å². The third kappa shape index (κ3) is 3.34. The first-order chi connectivity index (χ1) is 12.1. The van der Waals surface area contributed by atoms with Crippen molar-refractivity contribution in [2.75, 3.05) is 13.2 Å². The minimum Gasteiger partial charge on any atom is -0.373 e. The Hall–Kier alpha value is -1.39. The Morgan fingerprint density at radius 1 is 1.20 bits per heavy atom. The van der Waals surface area contributed by atoms with Crippen molar-refractivity contribution >= 4 is 5.91 Å². The lowest BCUT2D eigenvalue weighted by atomic mass is 9.84. The van der Waals surface area contributed by atoms with Gasteiger partial charge in [0.1, 0.15) is 0 Å². The van der Waals surface area contributed by atoms with Crippen molar-refractivity contribution in [2.45, 2.75) is 51.2 Å². The molecule has 0 spiro atoms. The zero-order valence-electron chi connectivity index (χ0n) is 15.1. The number of amides is 1. The lowest BCUT2D eigenvalue weighted by molar-refractivity contribution is -0.127. The number of carbonyl (C=O) groups excluding carboxylic acids is 1. The summed E-state index contributed by atoms with van der Waals surface area (Å²) in [4.78, 5) is 12.7. The number of nitrogens with one attached hydrogen (secondary N) is 1. The summed E-state index contributed by atoms with van der Waals surface area (Å²) >= 11 is 0. The standard InChI is InChI=1S/C21H30N2O2/c1-13-4-6-14(7-5-13)20-17(3-2-10-25-20)12-23-21(24)18-15-8-9-16(11-15)19(18)22/h4-7,15-20H,2-3,8-12,22H2,1H3,(H,23,24). The number of aryl methyl sites for hydroxylation is 1. The Kier molecular flexibility index (Phi) is 4.83. The summed E-state index contributed by atoms with van der Waals surface area (Å²) < 4.78 is 6.07. The van der Waals surface area contributed by atoms with Gasteiger partial charge in [0.25, 0.3) is 0 Å². The second-order valence-electron chi connectivity index (χ2n) is 8.29. The summed E-state index contributed by atoms with van der Waals surface area (Å²) in [5, 5.41) is 3.22. The van der Waals surface area contributed by atoms with Crippen molar-refractivity contribution in [2.24, 2.45) is 29.4 Å². The maximum Gasteiger partial charge on any atom is 0.224 e. The molecule has 2 saturated carbocycles. The van der Waals surface area contributed by atoms with E-state index in [-0.39, 0.29) is 24.0 Å². The Morgan fingerprint density at radius 3 is 2.68 bits per heavy atom. The lowest BCUT2D eigenvalue weighted by Crippen LogP contribution is -2.47. The highest BCUT2D eigenvalue weighted by atomic mass is 16.5. The fourth-order valence-corrected chi connectivity index (χ4v) is 5.25. The highest BCUT2D eigenvalue weighted by Gasteiger charge is 2.49. The van der Waals surface area contributed by atoms with Gasteiger partial charge in [-0.25, -0.2) is 0 Å². The van der Waals surface area contributed by atoms with Crippen LogP contribution in [0.4, 0.5) is 0 Å². The molecule has 1 aliphatic heterocycles. The monoisotopic (exact) mass is 342 g/mol. The zero-order chi connectivity index (χ0) is 17.4. The van der Waals surface area contributed by atoms with Gasteiger partial charge >= 0.3 is 0 Å². The number of nitrogens with two attached hydrogens (primary N) is 1. The normalized spacial score (nSPS) is 37.2. The second-order valence-corrected chi connectivity index (χ2v) is 8.29. The van der Waals surface area contributed by atoms with Crippen LogP contribution in [0.15, 0.2) is 24.3 Å². The Morgan fingerprint density at radius 2 is 1.96 bits per heavy atom. The molecular formula is C21H30N2O2. The van der Waals surface area contributed by atoms with Gasteiger partial charge < -0.3 is 15.8 Å². The van der Waals surface area contributed by atoms with Gasteiger partial charge in [0.2, 0.25) is 5.91 Å². The number of rotatable bonds is 4. The molecule has 4 heteroatoms. The van der Waals surface area contributed by atoms with Crippen LogP contribution in [0.5, 0.6) is 0 Å². The number of fused-ring (bicyclic) bond motifs is 2. The van der Waals surface area contributed by atoms with E-state index in [0.717, 1.165) is 25.9 Å². The average Bonchev–Trinajstić information content (AvgIpc) is 3.22. The molecule has 3 fully saturated rings. The van der Waals surface area contributed by atoms with Gasteiger partial charge in [0, 0.05) is 25.1 Å². The molecule has 3 N–H and O–H groups in total. The highest BCUT2D eigenvalue weighted by molar-refractivity contribution is 5.80. The number of carbonyl (C=O) groups is 1. The molecule has 4 rings (SSSR count). The first-order valence-electron chi connectivity index (χ1n) is 9.85. The molecule has 3 aliphatic rings. The predicted octanol–water partition coefficient (Wildman–Crippen LogP) is 2.95. The van der Waals surface area contributed by atoms with Gasteiger partial charge in [-0.3, -0.25) is 4.79 Å². The van der Waals surface area contributed by atoms with Crippen LogP contribution in [0.1, 0.15) is 49.3 Å². The first kappa shape index (κ1) is 17.0. The third-order valence-corrected chi connectivity index (χ3v) is 6.67. The number of hydrogen-bond donors (Lipinski definition) is 2. The van der Waals surface area contributed by atoms with Crippen LogP contribution in [-0.4, -0.2) is 25.1 Å². The minimum absolute atomic E-state index is 0.0288. The molecule has 1 aromatic carbocycles. The minimum atomic E-state index is 0.0288. The molecule has 6 unspecified atom stereocenters. The van der Waals surface area contributed by atoms with Crippen molar-refractivity contribution in [1.29, 1.82) is 0 Å². The van der Waals surface area contributed by atoms with E-state index in [1.54, 1.807) is 0 Å². The fraction of sp³-hybridized carbons (Fsp3) is 0.667. The van der Waals surface area contributed by atoms with Gasteiger partial charge in [-0.15, -0.1) is 0 Å². The van der Waals surface area contributed by atoms with E-state index < -0.39 is 0 Å². The van der Waals surface area contributed by atoms with Crippen molar-refractivity contribution in [3.05, 3.63) is 35.4 Å². The van der Waals surface area contributed by atoms with Gasteiger partial charge in [-0.2, -0.15) is 0 Å². The number of hydrogen-bond acceptors (Lipinski definition) is 3. The van der Waals surface area contributed by atoms with Crippen LogP contribution < -0.4 is 11.1 Å². The number of benzene rings is 1. The summed E-state index contributed by atoms with van der Waals surface area (Å²) in [6, 6.07) is 8.65. The largest absolute Gasteiger partial charge is 0.373 e. The number of ether oxygens (including phenoxy) is 1. The molecule has 4 nitrogen and oxygen atoms in total. The summed E-state index contributed by atoms with van der Waals surface area (Å²) in [5.41, 5.74) is 8.80. The van der Waals surface area contributed by atoms with Crippen LogP contribution in [0.3, 0.4) is 0 Å².